The van der Waals surface area contributed by atoms with Crippen LogP contribution in [0, 0.1) is 6.92 Å². The van der Waals surface area contributed by atoms with Gasteiger partial charge in [0.1, 0.15) is 0 Å². The summed E-state index contributed by atoms with van der Waals surface area (Å²) in [4.78, 5) is 0. The standard InChI is InChI=1S/C23H21N/c1-3-4-8-18-12-14-21-20-13-11-17(2)15-22(20)24(23(21)16-18)19-9-6-5-7-10-19/h3-7,9-16H,8H2,1-2H3. The van der Waals surface area contributed by atoms with Gasteiger partial charge in [-0.2, -0.15) is 0 Å². The molecule has 0 aliphatic heterocycles. The van der Waals surface area contributed by atoms with Gasteiger partial charge in [-0.05, 0) is 55.7 Å². The van der Waals surface area contributed by atoms with Crippen LogP contribution in [-0.2, 0) is 6.42 Å². The number of fused-ring (bicyclic) bond motifs is 3. The number of rotatable bonds is 3. The van der Waals surface area contributed by atoms with Crippen LogP contribution in [0.4, 0.5) is 0 Å². The molecular weight excluding hydrogens is 290 g/mol. The van der Waals surface area contributed by atoms with Crippen LogP contribution < -0.4 is 0 Å². The van der Waals surface area contributed by atoms with Gasteiger partial charge < -0.3 is 4.57 Å². The van der Waals surface area contributed by atoms with Crippen molar-refractivity contribution >= 4 is 21.8 Å². The van der Waals surface area contributed by atoms with E-state index in [2.05, 4.69) is 97.3 Å². The number of nitrogens with zero attached hydrogens (tertiary/aromatic N) is 1. The molecule has 0 spiro atoms. The quantitative estimate of drug-likeness (QED) is 0.396. The molecule has 118 valence electrons. The van der Waals surface area contributed by atoms with Gasteiger partial charge in [0.2, 0.25) is 0 Å². The lowest BCUT2D eigenvalue weighted by atomic mass is 10.1. The van der Waals surface area contributed by atoms with Gasteiger partial charge in [0.15, 0.2) is 0 Å². The Balaban J connectivity index is 2.08. The van der Waals surface area contributed by atoms with Crippen LogP contribution in [0.2, 0.25) is 0 Å². The summed E-state index contributed by atoms with van der Waals surface area (Å²) in [6.45, 7) is 4.23. The molecule has 0 aliphatic carbocycles. The molecule has 0 N–H and O–H groups in total. The highest BCUT2D eigenvalue weighted by atomic mass is 15.0. The van der Waals surface area contributed by atoms with Crippen molar-refractivity contribution in [2.45, 2.75) is 20.3 Å². The van der Waals surface area contributed by atoms with Gasteiger partial charge in [-0.15, -0.1) is 0 Å². The minimum absolute atomic E-state index is 0.974. The average Bonchev–Trinajstić information content (AvgIpc) is 2.93. The highest BCUT2D eigenvalue weighted by Gasteiger charge is 2.12. The van der Waals surface area contributed by atoms with Crippen molar-refractivity contribution < 1.29 is 0 Å². The molecule has 1 aromatic heterocycles. The summed E-state index contributed by atoms with van der Waals surface area (Å²) in [5, 5.41) is 2.63. The fourth-order valence-electron chi connectivity index (χ4n) is 3.41. The first-order chi connectivity index (χ1) is 11.8. The van der Waals surface area contributed by atoms with E-state index < -0.39 is 0 Å². The molecule has 0 bridgehead atoms. The topological polar surface area (TPSA) is 4.93 Å². The number of para-hydroxylation sites is 1. The summed E-state index contributed by atoms with van der Waals surface area (Å²) < 4.78 is 2.39. The molecule has 0 aliphatic rings. The van der Waals surface area contributed by atoms with Crippen molar-refractivity contribution in [2.24, 2.45) is 0 Å². The number of allylic oxidation sites excluding steroid dienone is 2. The van der Waals surface area contributed by atoms with Gasteiger partial charge in [0, 0.05) is 16.5 Å². The summed E-state index contributed by atoms with van der Waals surface area (Å²) in [7, 11) is 0. The lowest BCUT2D eigenvalue weighted by Gasteiger charge is -2.08. The molecule has 4 aromatic rings. The molecule has 0 atom stereocenters. The van der Waals surface area contributed by atoms with E-state index in [-0.39, 0.29) is 0 Å². The average molecular weight is 311 g/mol. The second kappa shape index (κ2) is 6.01. The molecular formula is C23H21N. The maximum atomic E-state index is 2.39. The molecule has 0 saturated heterocycles. The van der Waals surface area contributed by atoms with E-state index >= 15 is 0 Å². The maximum Gasteiger partial charge on any atom is 0.0543 e. The maximum absolute atomic E-state index is 2.39. The predicted molar refractivity (Wildman–Crippen MR) is 104 cm³/mol. The molecule has 1 heterocycles. The number of hydrogen-bond donors (Lipinski definition) is 0. The number of hydrogen-bond acceptors (Lipinski definition) is 0. The van der Waals surface area contributed by atoms with Gasteiger partial charge in [0.05, 0.1) is 11.0 Å². The van der Waals surface area contributed by atoms with E-state index in [1.807, 2.05) is 0 Å². The van der Waals surface area contributed by atoms with Crippen molar-refractivity contribution in [1.82, 2.24) is 4.57 Å². The zero-order valence-electron chi connectivity index (χ0n) is 14.2. The Morgan fingerprint density at radius 2 is 1.54 bits per heavy atom. The Labute approximate surface area is 142 Å². The first-order valence-electron chi connectivity index (χ1n) is 8.48. The Hall–Kier alpha value is -2.80. The number of benzene rings is 3. The summed E-state index contributed by atoms with van der Waals surface area (Å²) in [6, 6.07) is 24.2. The van der Waals surface area contributed by atoms with Gasteiger partial charge in [-0.3, -0.25) is 0 Å². The summed E-state index contributed by atoms with van der Waals surface area (Å²) >= 11 is 0. The normalized spacial score (nSPS) is 11.8. The van der Waals surface area contributed by atoms with E-state index in [0.717, 1.165) is 6.42 Å². The molecule has 0 fully saturated rings. The van der Waals surface area contributed by atoms with Gasteiger partial charge in [-0.1, -0.05) is 54.6 Å². The summed E-state index contributed by atoms with van der Waals surface area (Å²) in [6.07, 6.45) is 5.29. The molecule has 0 unspecified atom stereocenters. The van der Waals surface area contributed by atoms with Gasteiger partial charge in [0.25, 0.3) is 0 Å². The fourth-order valence-corrected chi connectivity index (χ4v) is 3.41. The summed E-state index contributed by atoms with van der Waals surface area (Å²) in [5.41, 5.74) is 6.41. The highest BCUT2D eigenvalue weighted by Crippen LogP contribution is 2.33. The second-order valence-corrected chi connectivity index (χ2v) is 6.32. The van der Waals surface area contributed by atoms with E-state index in [0.29, 0.717) is 0 Å². The van der Waals surface area contributed by atoms with Crippen molar-refractivity contribution in [3.05, 3.63) is 90.0 Å². The Morgan fingerprint density at radius 1 is 0.833 bits per heavy atom. The predicted octanol–water partition coefficient (Wildman–Crippen LogP) is 6.21. The Morgan fingerprint density at radius 3 is 2.29 bits per heavy atom. The number of aromatic nitrogens is 1. The van der Waals surface area contributed by atoms with E-state index in [1.165, 1.54) is 38.6 Å². The molecule has 1 nitrogen and oxygen atoms in total. The van der Waals surface area contributed by atoms with Crippen LogP contribution in [0.3, 0.4) is 0 Å². The lowest BCUT2D eigenvalue weighted by molar-refractivity contribution is 1.17. The molecule has 1 heteroatoms. The van der Waals surface area contributed by atoms with E-state index in [4.69, 9.17) is 0 Å². The third kappa shape index (κ3) is 2.43. The Bertz CT molecular complexity index is 1040. The SMILES string of the molecule is CC=CCc1ccc2c3ccc(C)cc3n(-c3ccccc3)c2c1. The zero-order valence-corrected chi connectivity index (χ0v) is 14.2. The minimum atomic E-state index is 0.974. The zero-order chi connectivity index (χ0) is 16.5. The van der Waals surface area contributed by atoms with Crippen molar-refractivity contribution in [3.8, 4) is 5.69 Å². The molecule has 0 amide bonds. The van der Waals surface area contributed by atoms with Crippen molar-refractivity contribution in [1.29, 1.82) is 0 Å². The van der Waals surface area contributed by atoms with Crippen LogP contribution in [0.15, 0.2) is 78.9 Å². The third-order valence-corrected chi connectivity index (χ3v) is 4.59. The van der Waals surface area contributed by atoms with Crippen LogP contribution in [0.25, 0.3) is 27.5 Å². The van der Waals surface area contributed by atoms with Crippen LogP contribution in [-0.4, -0.2) is 4.57 Å². The van der Waals surface area contributed by atoms with E-state index in [9.17, 15) is 0 Å². The fraction of sp³-hybridized carbons (Fsp3) is 0.130. The Kier molecular flexibility index (Phi) is 3.70. The molecule has 3 aromatic carbocycles. The molecule has 4 rings (SSSR count). The summed E-state index contributed by atoms with van der Waals surface area (Å²) in [5.74, 6) is 0. The highest BCUT2D eigenvalue weighted by molar-refractivity contribution is 6.09. The van der Waals surface area contributed by atoms with Crippen molar-refractivity contribution in [2.75, 3.05) is 0 Å². The van der Waals surface area contributed by atoms with Crippen molar-refractivity contribution in [3.63, 3.8) is 0 Å². The van der Waals surface area contributed by atoms with Crippen LogP contribution in [0.5, 0.6) is 0 Å². The van der Waals surface area contributed by atoms with Crippen LogP contribution >= 0.6 is 0 Å². The van der Waals surface area contributed by atoms with Crippen LogP contribution in [0.1, 0.15) is 18.1 Å². The number of aryl methyl sites for hydroxylation is 1. The molecule has 0 radical (unpaired) electrons. The van der Waals surface area contributed by atoms with Gasteiger partial charge >= 0.3 is 0 Å². The largest absolute Gasteiger partial charge is 0.309 e. The first kappa shape index (κ1) is 14.8. The van der Waals surface area contributed by atoms with E-state index in [1.54, 1.807) is 0 Å². The second-order valence-electron chi connectivity index (χ2n) is 6.32. The minimum Gasteiger partial charge on any atom is -0.309 e. The monoisotopic (exact) mass is 311 g/mol. The van der Waals surface area contributed by atoms with Gasteiger partial charge in [-0.25, -0.2) is 0 Å². The smallest absolute Gasteiger partial charge is 0.0543 e. The molecule has 24 heavy (non-hydrogen) atoms. The third-order valence-electron chi connectivity index (χ3n) is 4.59. The first-order valence-corrected chi connectivity index (χ1v) is 8.48. The molecule has 0 saturated carbocycles. The lowest BCUT2D eigenvalue weighted by Crippen LogP contribution is -1.94.